The smallest absolute Gasteiger partial charge is 0.326 e. The molecule has 328 valence electrons. The number of aliphatic carboxylic acids is 1. The Morgan fingerprint density at radius 2 is 0.931 bits per heavy atom. The molecule has 58 heavy (non-hydrogen) atoms. The van der Waals surface area contributed by atoms with E-state index in [1.807, 2.05) is 0 Å². The molecular formula is C51H84N2O5. The molecule has 0 aromatic rings. The number of hydrogen-bond acceptors (Lipinski definition) is 5. The van der Waals surface area contributed by atoms with E-state index in [4.69, 9.17) is 10.5 Å². The van der Waals surface area contributed by atoms with Crippen molar-refractivity contribution in [3.8, 4) is 0 Å². The Morgan fingerprint density at radius 1 is 0.500 bits per heavy atom. The first-order valence-electron chi connectivity index (χ1n) is 23.1. The molecule has 0 aromatic carbocycles. The highest BCUT2D eigenvalue weighted by Gasteiger charge is 2.19. The monoisotopic (exact) mass is 805 g/mol. The zero-order valence-corrected chi connectivity index (χ0v) is 36.8. The number of esters is 1. The molecule has 0 rings (SSSR count). The molecule has 0 fully saturated rings. The normalized spacial score (nSPS) is 13.6. The molecule has 2 atom stereocenters. The maximum atomic E-state index is 12.8. The van der Waals surface area contributed by atoms with Gasteiger partial charge in [-0.3, -0.25) is 9.59 Å². The second-order valence-corrected chi connectivity index (χ2v) is 15.0. The van der Waals surface area contributed by atoms with Gasteiger partial charge in [-0.15, -0.1) is 0 Å². The van der Waals surface area contributed by atoms with E-state index in [-0.39, 0.29) is 18.0 Å². The highest BCUT2D eigenvalue weighted by Crippen LogP contribution is 2.17. The van der Waals surface area contributed by atoms with Gasteiger partial charge in [0.05, 0.1) is 0 Å². The molecule has 0 heterocycles. The molecule has 0 saturated carbocycles. The highest BCUT2D eigenvalue weighted by atomic mass is 16.5. The third kappa shape index (κ3) is 40.5. The molecular weight excluding hydrogens is 721 g/mol. The fraction of sp³-hybridized carbons (Fsp3) is 0.627. The van der Waals surface area contributed by atoms with Crippen LogP contribution in [0.1, 0.15) is 187 Å². The molecule has 7 heteroatoms. The molecule has 1 amide bonds. The summed E-state index contributed by atoms with van der Waals surface area (Å²) in [4.78, 5) is 36.4. The Balaban J connectivity index is 4.44. The van der Waals surface area contributed by atoms with Crippen molar-refractivity contribution in [2.24, 2.45) is 5.73 Å². The maximum Gasteiger partial charge on any atom is 0.326 e. The SMILES string of the molecule is CC/C=C\C/C=C\C/C=C\C/C=C\CCCCCCCCC(=O)OC(CC/C=C\C/C=C\C/C=C\C/C=C\CC)CCCCCCCC(=O)NC(CCCN)C(=O)O. The zero-order valence-electron chi connectivity index (χ0n) is 36.8. The molecule has 0 radical (unpaired) electrons. The minimum Gasteiger partial charge on any atom is -0.480 e. The number of carbonyl (C=O) groups excluding carboxylic acids is 2. The van der Waals surface area contributed by atoms with E-state index >= 15 is 0 Å². The lowest BCUT2D eigenvalue weighted by Gasteiger charge is -2.17. The fourth-order valence-corrected chi connectivity index (χ4v) is 6.26. The van der Waals surface area contributed by atoms with Crippen LogP contribution >= 0.6 is 0 Å². The van der Waals surface area contributed by atoms with E-state index in [0.29, 0.717) is 32.2 Å². The summed E-state index contributed by atoms with van der Waals surface area (Å²) in [5.74, 6) is -1.31. The number of allylic oxidation sites excluding steroid dienone is 16. The average molecular weight is 805 g/mol. The molecule has 0 aromatic heterocycles. The number of ether oxygens (including phenoxy) is 1. The van der Waals surface area contributed by atoms with Crippen LogP contribution in [-0.2, 0) is 19.1 Å². The zero-order chi connectivity index (χ0) is 42.4. The number of nitrogens with one attached hydrogen (secondary N) is 1. The standard InChI is InChI=1S/C51H84N2O5/c1-3-5-7-9-11-13-15-17-18-19-20-21-22-24-26-28-30-35-39-45-50(55)58-47(41-36-32-29-27-25-23-16-14-12-10-8-6-4-2)42-37-33-31-34-38-44-49(54)53-48(51(56)57)43-40-46-52/h5-8,11-14,17-18,20-21,23,25,29,32,47-48H,3-4,9-10,15-16,19,22,24,26-28,30-31,33-46,52H2,1-2H3,(H,53,54)(H,56,57)/b7-5-,8-6-,13-11-,14-12-,18-17-,21-20-,25-23-,32-29-. The van der Waals surface area contributed by atoms with Gasteiger partial charge in [0.2, 0.25) is 5.91 Å². The number of rotatable bonds is 40. The van der Waals surface area contributed by atoms with Crippen molar-refractivity contribution in [1.29, 1.82) is 0 Å². The molecule has 7 nitrogen and oxygen atoms in total. The summed E-state index contributed by atoms with van der Waals surface area (Å²) in [6, 6.07) is -0.871. The summed E-state index contributed by atoms with van der Waals surface area (Å²) in [5, 5.41) is 11.9. The Morgan fingerprint density at radius 3 is 1.43 bits per heavy atom. The predicted octanol–water partition coefficient (Wildman–Crippen LogP) is 13.4. The van der Waals surface area contributed by atoms with Crippen LogP contribution in [0.25, 0.3) is 0 Å². The number of unbranched alkanes of at least 4 members (excludes halogenated alkanes) is 10. The van der Waals surface area contributed by atoms with E-state index in [2.05, 4.69) is 116 Å². The van der Waals surface area contributed by atoms with Crippen molar-refractivity contribution in [1.82, 2.24) is 5.32 Å². The van der Waals surface area contributed by atoms with Gasteiger partial charge in [0.15, 0.2) is 0 Å². The van der Waals surface area contributed by atoms with E-state index < -0.39 is 12.0 Å². The van der Waals surface area contributed by atoms with Gasteiger partial charge in [-0.2, -0.15) is 0 Å². The van der Waals surface area contributed by atoms with E-state index in [1.54, 1.807) is 0 Å². The topological polar surface area (TPSA) is 119 Å². The van der Waals surface area contributed by atoms with E-state index in [1.165, 1.54) is 19.3 Å². The molecule has 0 aliphatic heterocycles. The molecule has 0 bridgehead atoms. The Hall–Kier alpha value is -3.71. The first kappa shape index (κ1) is 54.3. The van der Waals surface area contributed by atoms with Crippen molar-refractivity contribution < 1.29 is 24.2 Å². The number of amides is 1. The lowest BCUT2D eigenvalue weighted by Crippen LogP contribution is -2.40. The van der Waals surface area contributed by atoms with Gasteiger partial charge in [-0.1, -0.05) is 156 Å². The summed E-state index contributed by atoms with van der Waals surface area (Å²) < 4.78 is 6.01. The first-order chi connectivity index (χ1) is 28.4. The van der Waals surface area contributed by atoms with Crippen LogP contribution in [0.4, 0.5) is 0 Å². The number of nitrogens with two attached hydrogens (primary N) is 1. The van der Waals surface area contributed by atoms with Crippen LogP contribution < -0.4 is 11.1 Å². The summed E-state index contributed by atoms with van der Waals surface area (Å²) in [6.07, 6.45) is 60.3. The van der Waals surface area contributed by atoms with Crippen molar-refractivity contribution in [3.63, 3.8) is 0 Å². The second-order valence-electron chi connectivity index (χ2n) is 15.0. The second kappa shape index (κ2) is 44.4. The quantitative estimate of drug-likeness (QED) is 0.0322. The molecule has 0 aliphatic rings. The number of hydrogen-bond donors (Lipinski definition) is 3. The van der Waals surface area contributed by atoms with Crippen LogP contribution in [0.3, 0.4) is 0 Å². The first-order valence-corrected chi connectivity index (χ1v) is 23.1. The predicted molar refractivity (Wildman–Crippen MR) is 248 cm³/mol. The van der Waals surface area contributed by atoms with E-state index in [0.717, 1.165) is 128 Å². The molecule has 0 saturated heterocycles. The van der Waals surface area contributed by atoms with Crippen molar-refractivity contribution in [2.45, 2.75) is 199 Å². The van der Waals surface area contributed by atoms with Crippen LogP contribution in [-0.4, -0.2) is 41.6 Å². The lowest BCUT2D eigenvalue weighted by atomic mass is 10.0. The minimum absolute atomic E-state index is 0.0772. The fourth-order valence-electron chi connectivity index (χ4n) is 6.26. The van der Waals surface area contributed by atoms with Crippen molar-refractivity contribution in [2.75, 3.05) is 6.54 Å². The minimum atomic E-state index is -1.01. The largest absolute Gasteiger partial charge is 0.480 e. The molecule has 0 spiro atoms. The van der Waals surface area contributed by atoms with Gasteiger partial charge in [-0.05, 0) is 122 Å². The van der Waals surface area contributed by atoms with Crippen LogP contribution in [0.2, 0.25) is 0 Å². The highest BCUT2D eigenvalue weighted by molar-refractivity contribution is 5.83. The Bertz CT molecular complexity index is 1230. The Labute approximate surface area is 355 Å². The average Bonchev–Trinajstić information content (AvgIpc) is 3.21. The number of carboxylic acid groups (broad SMARTS) is 1. The van der Waals surface area contributed by atoms with Crippen LogP contribution in [0.15, 0.2) is 97.2 Å². The third-order valence-electron chi connectivity index (χ3n) is 9.65. The third-order valence-corrected chi connectivity index (χ3v) is 9.65. The summed E-state index contributed by atoms with van der Waals surface area (Å²) in [5.41, 5.74) is 5.49. The Kier molecular flexibility index (Phi) is 41.6. The van der Waals surface area contributed by atoms with Crippen molar-refractivity contribution in [3.05, 3.63) is 97.2 Å². The summed E-state index contributed by atoms with van der Waals surface area (Å²) in [7, 11) is 0. The lowest BCUT2D eigenvalue weighted by molar-refractivity contribution is -0.150. The number of carbonyl (C=O) groups is 3. The van der Waals surface area contributed by atoms with Gasteiger partial charge in [-0.25, -0.2) is 4.79 Å². The van der Waals surface area contributed by atoms with Crippen molar-refractivity contribution >= 4 is 17.8 Å². The van der Waals surface area contributed by atoms with Gasteiger partial charge >= 0.3 is 11.9 Å². The van der Waals surface area contributed by atoms with Gasteiger partial charge in [0, 0.05) is 12.8 Å². The molecule has 2 unspecified atom stereocenters. The number of carboxylic acids is 1. The molecule has 0 aliphatic carbocycles. The van der Waals surface area contributed by atoms with Gasteiger partial charge in [0.1, 0.15) is 12.1 Å². The van der Waals surface area contributed by atoms with E-state index in [9.17, 15) is 19.5 Å². The maximum absolute atomic E-state index is 12.8. The van der Waals surface area contributed by atoms with Gasteiger partial charge < -0.3 is 20.9 Å². The summed E-state index contributed by atoms with van der Waals surface area (Å²) in [6.45, 7) is 4.71. The molecule has 4 N–H and O–H groups in total. The van der Waals surface area contributed by atoms with Gasteiger partial charge in [0.25, 0.3) is 0 Å². The van der Waals surface area contributed by atoms with Crippen LogP contribution in [0.5, 0.6) is 0 Å². The summed E-state index contributed by atoms with van der Waals surface area (Å²) >= 11 is 0. The van der Waals surface area contributed by atoms with Crippen LogP contribution in [0, 0.1) is 0 Å².